The van der Waals surface area contributed by atoms with Crippen molar-refractivity contribution in [3.8, 4) is 0 Å². The van der Waals surface area contributed by atoms with E-state index in [1.807, 2.05) is 30.3 Å². The van der Waals surface area contributed by atoms with Crippen LogP contribution < -0.4 is 10.6 Å². The second-order valence-electron chi connectivity index (χ2n) is 9.64. The molecule has 10 heteroatoms. The first-order chi connectivity index (χ1) is 20.6. The van der Waals surface area contributed by atoms with Gasteiger partial charge in [-0.15, -0.1) is 0 Å². The van der Waals surface area contributed by atoms with Crippen LogP contribution in [0.3, 0.4) is 0 Å². The van der Waals surface area contributed by atoms with Crippen molar-refractivity contribution in [2.24, 2.45) is 0 Å². The van der Waals surface area contributed by atoms with Crippen molar-refractivity contribution in [2.75, 3.05) is 73.1 Å². The molecule has 10 nitrogen and oxygen atoms in total. The molecular formula is C32H46N2O8. The molecule has 0 bridgehead atoms. The summed E-state index contributed by atoms with van der Waals surface area (Å²) in [4.78, 5) is 36.1. The van der Waals surface area contributed by atoms with Gasteiger partial charge in [-0.3, -0.25) is 19.7 Å². The molecule has 0 spiro atoms. The first kappa shape index (κ1) is 35.0. The third-order valence-corrected chi connectivity index (χ3v) is 6.15. The maximum Gasteiger partial charge on any atom is 0.246 e. The number of ether oxygens (including phenoxy) is 5. The molecule has 2 aromatic carbocycles. The second-order valence-corrected chi connectivity index (χ2v) is 9.64. The van der Waals surface area contributed by atoms with Crippen LogP contribution in [0.4, 0.5) is 0 Å². The molecule has 2 N–H and O–H groups in total. The molecular weight excluding hydrogens is 540 g/mol. The molecule has 0 aliphatic heterocycles. The summed E-state index contributed by atoms with van der Waals surface area (Å²) in [5.74, 6) is -1.15. The van der Waals surface area contributed by atoms with Crippen LogP contribution >= 0.6 is 0 Å². The molecule has 2 aromatic rings. The Morgan fingerprint density at radius 2 is 1.12 bits per heavy atom. The molecule has 0 heterocycles. The normalized spacial score (nSPS) is 10.9. The maximum absolute atomic E-state index is 12.2. The summed E-state index contributed by atoms with van der Waals surface area (Å²) in [5.41, 5.74) is 3.44. The minimum Gasteiger partial charge on any atom is -0.382 e. The summed E-state index contributed by atoms with van der Waals surface area (Å²) < 4.78 is 26.1. The number of nitrogens with one attached hydrogen (secondary N) is 2. The van der Waals surface area contributed by atoms with Gasteiger partial charge in [0.05, 0.1) is 59.3 Å². The highest BCUT2D eigenvalue weighted by Gasteiger charge is 2.10. The van der Waals surface area contributed by atoms with Crippen molar-refractivity contribution in [2.45, 2.75) is 38.5 Å². The highest BCUT2D eigenvalue weighted by atomic mass is 16.6. The molecule has 0 aliphatic rings. The van der Waals surface area contributed by atoms with E-state index in [-0.39, 0.29) is 44.4 Å². The summed E-state index contributed by atoms with van der Waals surface area (Å²) >= 11 is 0. The van der Waals surface area contributed by atoms with Crippen LogP contribution in [0.25, 0.3) is 0 Å². The molecule has 232 valence electrons. The van der Waals surface area contributed by atoms with Crippen LogP contribution in [-0.4, -0.2) is 90.8 Å². The quantitative estimate of drug-likeness (QED) is 0.180. The number of methoxy groups -OCH3 is 1. The summed E-state index contributed by atoms with van der Waals surface area (Å²) in [5, 5.41) is 4.97. The Labute approximate surface area is 249 Å². The molecule has 0 radical (unpaired) electrons. The average molecular weight is 587 g/mol. The van der Waals surface area contributed by atoms with Crippen molar-refractivity contribution in [1.29, 1.82) is 0 Å². The maximum atomic E-state index is 12.2. The lowest BCUT2D eigenvalue weighted by atomic mass is 10.0. The first-order valence-corrected chi connectivity index (χ1v) is 14.6. The number of unbranched alkanes of at least 4 members (excludes halogenated alkanes) is 1. The zero-order chi connectivity index (χ0) is 30.1. The number of carbonyl (C=O) groups excluding carboxylic acids is 3. The highest BCUT2D eigenvalue weighted by molar-refractivity contribution is 5.96. The van der Waals surface area contributed by atoms with E-state index < -0.39 is 5.91 Å². The number of benzene rings is 2. The molecule has 0 saturated heterocycles. The molecule has 0 aromatic heterocycles. The van der Waals surface area contributed by atoms with Gasteiger partial charge in [-0.05, 0) is 42.4 Å². The van der Waals surface area contributed by atoms with Gasteiger partial charge in [0.1, 0.15) is 6.61 Å². The SMILES string of the molecule is COCCOCCOCCOCCOCC(=O)NCCC(=O)NC(=O)Cc1ccc(CCCCc2ccccc2)cc1. The minimum atomic E-state index is -0.437. The molecule has 0 fully saturated rings. The highest BCUT2D eigenvalue weighted by Crippen LogP contribution is 2.11. The van der Waals surface area contributed by atoms with Crippen LogP contribution in [-0.2, 0) is 57.3 Å². The monoisotopic (exact) mass is 586 g/mol. The third kappa shape index (κ3) is 18.3. The average Bonchev–Trinajstić information content (AvgIpc) is 2.99. The van der Waals surface area contributed by atoms with Crippen molar-refractivity contribution >= 4 is 17.7 Å². The number of carbonyl (C=O) groups is 3. The largest absolute Gasteiger partial charge is 0.382 e. The Morgan fingerprint density at radius 1 is 0.595 bits per heavy atom. The first-order valence-electron chi connectivity index (χ1n) is 14.6. The Hall–Kier alpha value is -3.15. The van der Waals surface area contributed by atoms with Gasteiger partial charge in [0, 0.05) is 20.1 Å². The van der Waals surface area contributed by atoms with Gasteiger partial charge in [-0.1, -0.05) is 54.6 Å². The van der Waals surface area contributed by atoms with Crippen LogP contribution in [0.1, 0.15) is 36.0 Å². The van der Waals surface area contributed by atoms with Crippen LogP contribution in [0, 0.1) is 0 Å². The molecule has 0 atom stereocenters. The van der Waals surface area contributed by atoms with E-state index in [1.165, 1.54) is 11.1 Å². The van der Waals surface area contributed by atoms with E-state index in [1.54, 1.807) is 7.11 Å². The van der Waals surface area contributed by atoms with E-state index in [0.29, 0.717) is 46.2 Å². The number of aryl methyl sites for hydroxylation is 2. The van der Waals surface area contributed by atoms with Gasteiger partial charge in [-0.2, -0.15) is 0 Å². The van der Waals surface area contributed by atoms with E-state index in [9.17, 15) is 14.4 Å². The van der Waals surface area contributed by atoms with Gasteiger partial charge >= 0.3 is 0 Å². The van der Waals surface area contributed by atoms with Crippen molar-refractivity contribution in [3.63, 3.8) is 0 Å². The number of hydrogen-bond donors (Lipinski definition) is 2. The predicted octanol–water partition coefficient (Wildman–Crippen LogP) is 2.66. The fourth-order valence-corrected chi connectivity index (χ4v) is 3.91. The lowest BCUT2D eigenvalue weighted by Crippen LogP contribution is -2.36. The number of imide groups is 1. The molecule has 42 heavy (non-hydrogen) atoms. The lowest BCUT2D eigenvalue weighted by Gasteiger charge is -2.08. The Balaban J connectivity index is 1.42. The predicted molar refractivity (Wildman–Crippen MR) is 159 cm³/mol. The number of hydrogen-bond acceptors (Lipinski definition) is 8. The fourth-order valence-electron chi connectivity index (χ4n) is 3.91. The summed E-state index contributed by atoms with van der Waals surface area (Å²) in [6.45, 7) is 3.53. The molecule has 2 rings (SSSR count). The summed E-state index contributed by atoms with van der Waals surface area (Å²) in [6, 6.07) is 18.4. The zero-order valence-electron chi connectivity index (χ0n) is 24.8. The van der Waals surface area contributed by atoms with E-state index in [4.69, 9.17) is 23.7 Å². The van der Waals surface area contributed by atoms with Crippen LogP contribution in [0.5, 0.6) is 0 Å². The molecule has 0 unspecified atom stereocenters. The Morgan fingerprint density at radius 3 is 1.71 bits per heavy atom. The standard InChI is InChI=1S/C32H46N2O8/c1-38-17-18-39-19-20-40-21-22-41-23-24-42-26-32(37)33-16-15-30(35)34-31(36)25-29-13-11-28(12-14-29)10-6-5-9-27-7-3-2-4-8-27/h2-4,7-8,11-14H,5-6,9-10,15-26H2,1H3,(H,33,37)(H,34,35,36). The van der Waals surface area contributed by atoms with E-state index in [0.717, 1.165) is 31.2 Å². The van der Waals surface area contributed by atoms with E-state index >= 15 is 0 Å². The molecule has 0 aliphatic carbocycles. The number of rotatable bonds is 24. The van der Waals surface area contributed by atoms with Crippen molar-refractivity contribution in [3.05, 3.63) is 71.3 Å². The molecule has 3 amide bonds. The van der Waals surface area contributed by atoms with Crippen molar-refractivity contribution < 1.29 is 38.1 Å². The fraction of sp³-hybridized carbons (Fsp3) is 0.531. The Bertz CT molecular complexity index is 1000. The van der Waals surface area contributed by atoms with Gasteiger partial charge < -0.3 is 29.0 Å². The smallest absolute Gasteiger partial charge is 0.246 e. The molecule has 0 saturated carbocycles. The van der Waals surface area contributed by atoms with Crippen LogP contribution in [0.15, 0.2) is 54.6 Å². The van der Waals surface area contributed by atoms with Gasteiger partial charge in [0.2, 0.25) is 17.7 Å². The Kier molecular flexibility index (Phi) is 19.5. The zero-order valence-corrected chi connectivity index (χ0v) is 24.8. The van der Waals surface area contributed by atoms with Gasteiger partial charge in [-0.25, -0.2) is 0 Å². The van der Waals surface area contributed by atoms with E-state index in [2.05, 4.69) is 34.9 Å². The summed E-state index contributed by atoms with van der Waals surface area (Å²) in [6.07, 6.45) is 4.42. The summed E-state index contributed by atoms with van der Waals surface area (Å²) in [7, 11) is 1.62. The van der Waals surface area contributed by atoms with Crippen LogP contribution in [0.2, 0.25) is 0 Å². The second kappa shape index (κ2) is 23.4. The number of amides is 3. The van der Waals surface area contributed by atoms with Gasteiger partial charge in [0.15, 0.2) is 0 Å². The minimum absolute atomic E-state index is 0.0000675. The lowest BCUT2D eigenvalue weighted by molar-refractivity contribution is -0.130. The van der Waals surface area contributed by atoms with Gasteiger partial charge in [0.25, 0.3) is 0 Å². The third-order valence-electron chi connectivity index (χ3n) is 6.15. The van der Waals surface area contributed by atoms with Crippen molar-refractivity contribution in [1.82, 2.24) is 10.6 Å². The topological polar surface area (TPSA) is 121 Å².